The normalized spacial score (nSPS) is 9.43. The van der Waals surface area contributed by atoms with Gasteiger partial charge in [-0.1, -0.05) is 36.4 Å². The van der Waals surface area contributed by atoms with E-state index >= 15 is 0 Å². The Hall–Kier alpha value is -1.06. The molecule has 3 heteroatoms. The minimum absolute atomic E-state index is 0. The number of carbonyl (C=O) groups is 1. The van der Waals surface area contributed by atoms with E-state index < -0.39 is 5.97 Å². The first-order valence-electron chi connectivity index (χ1n) is 3.97. The van der Waals surface area contributed by atoms with E-state index in [2.05, 4.69) is 0 Å². The summed E-state index contributed by atoms with van der Waals surface area (Å²) in [5.41, 5.74) is 0.221. The van der Waals surface area contributed by atoms with Gasteiger partial charge in [0.15, 0.2) is 0 Å². The zero-order chi connectivity index (χ0) is 9.26. The van der Waals surface area contributed by atoms with Crippen molar-refractivity contribution in [2.75, 3.05) is 0 Å². The van der Waals surface area contributed by atoms with Crippen LogP contribution in [0.4, 0.5) is 0 Å². The van der Waals surface area contributed by atoms with Crippen molar-refractivity contribution < 1.29 is 9.90 Å². The fourth-order valence-electron chi connectivity index (χ4n) is 1.32. The maximum absolute atomic E-state index is 10.5. The van der Waals surface area contributed by atoms with Crippen LogP contribution >= 0.6 is 0 Å². The molecule has 0 aromatic heterocycles. The zero-order valence-electron chi connectivity index (χ0n) is 7.57. The fraction of sp³-hybridized carbons (Fsp3) is 0. The van der Waals surface area contributed by atoms with Gasteiger partial charge in [-0.3, -0.25) is 0 Å². The summed E-state index contributed by atoms with van der Waals surface area (Å²) in [6.45, 7) is 0. The van der Waals surface area contributed by atoms with Crippen LogP contribution in [0.5, 0.6) is 0 Å². The van der Waals surface area contributed by atoms with Crippen LogP contribution < -0.4 is 5.11 Å². The molecular formula is C11H7MgO2+. The number of carbonyl (C=O) groups excluding carboxylic acids is 1. The minimum Gasteiger partial charge on any atom is -0.545 e. The molecule has 0 unspecified atom stereocenters. The summed E-state index contributed by atoms with van der Waals surface area (Å²) < 4.78 is 0. The van der Waals surface area contributed by atoms with Crippen LogP contribution in [0.15, 0.2) is 42.5 Å². The Morgan fingerprint density at radius 1 is 1.00 bits per heavy atom. The number of fused-ring (bicyclic) bond motifs is 1. The van der Waals surface area contributed by atoms with E-state index in [1.807, 2.05) is 24.3 Å². The summed E-state index contributed by atoms with van der Waals surface area (Å²) in [6.07, 6.45) is 0. The van der Waals surface area contributed by atoms with Crippen LogP contribution in [0.25, 0.3) is 10.8 Å². The first kappa shape index (κ1) is 11.0. The molecular weight excluding hydrogens is 188 g/mol. The number of aromatic carboxylic acids is 1. The van der Waals surface area contributed by atoms with Gasteiger partial charge in [-0.05, 0) is 22.4 Å². The van der Waals surface area contributed by atoms with Crippen molar-refractivity contribution in [1.82, 2.24) is 0 Å². The molecule has 0 N–H and O–H groups in total. The molecule has 0 aliphatic heterocycles. The van der Waals surface area contributed by atoms with Crippen LogP contribution in [0.1, 0.15) is 10.4 Å². The van der Waals surface area contributed by atoms with Gasteiger partial charge in [0.2, 0.25) is 0 Å². The van der Waals surface area contributed by atoms with Crippen molar-refractivity contribution in [1.29, 1.82) is 0 Å². The summed E-state index contributed by atoms with van der Waals surface area (Å²) in [5, 5.41) is 12.5. The fourth-order valence-corrected chi connectivity index (χ4v) is 1.32. The monoisotopic (exact) mass is 195 g/mol. The molecule has 0 amide bonds. The second-order valence-electron chi connectivity index (χ2n) is 2.85. The van der Waals surface area contributed by atoms with E-state index in [1.54, 1.807) is 18.2 Å². The molecule has 0 aliphatic rings. The third-order valence-electron chi connectivity index (χ3n) is 1.99. The molecule has 2 rings (SSSR count). The molecule has 2 aromatic carbocycles. The van der Waals surface area contributed by atoms with Gasteiger partial charge in [0, 0.05) is 0 Å². The van der Waals surface area contributed by atoms with E-state index in [1.165, 1.54) is 0 Å². The SMILES string of the molecule is O=C([O-])c1ccc2ccccc2c1.[Mg+2]. The van der Waals surface area contributed by atoms with E-state index in [-0.39, 0.29) is 28.6 Å². The molecule has 0 atom stereocenters. The Labute approximate surface area is 97.7 Å². The van der Waals surface area contributed by atoms with Gasteiger partial charge >= 0.3 is 23.1 Å². The first-order chi connectivity index (χ1) is 6.27. The Kier molecular flexibility index (Phi) is 3.49. The Balaban J connectivity index is 0.000000980. The van der Waals surface area contributed by atoms with Gasteiger partial charge < -0.3 is 9.90 Å². The van der Waals surface area contributed by atoms with Gasteiger partial charge in [0.1, 0.15) is 0 Å². The molecule has 0 bridgehead atoms. The third kappa shape index (κ3) is 2.05. The Bertz CT molecular complexity index is 466. The van der Waals surface area contributed by atoms with Gasteiger partial charge in [0.25, 0.3) is 0 Å². The quantitative estimate of drug-likeness (QED) is 0.632. The Morgan fingerprint density at radius 2 is 1.64 bits per heavy atom. The molecule has 2 aromatic rings. The van der Waals surface area contributed by atoms with E-state index in [0.717, 1.165) is 10.8 Å². The van der Waals surface area contributed by atoms with Crippen LogP contribution in [0, 0.1) is 0 Å². The van der Waals surface area contributed by atoms with Crippen LogP contribution in [-0.4, -0.2) is 29.0 Å². The molecule has 0 saturated carbocycles. The van der Waals surface area contributed by atoms with Crippen molar-refractivity contribution >= 4 is 39.8 Å². The molecule has 64 valence electrons. The molecule has 0 saturated heterocycles. The molecule has 14 heavy (non-hydrogen) atoms. The van der Waals surface area contributed by atoms with Crippen molar-refractivity contribution in [3.05, 3.63) is 48.0 Å². The van der Waals surface area contributed by atoms with Gasteiger partial charge in [0.05, 0.1) is 5.97 Å². The number of hydrogen-bond acceptors (Lipinski definition) is 2. The number of carboxylic acid groups (broad SMARTS) is 1. The Morgan fingerprint density at radius 3 is 2.29 bits per heavy atom. The van der Waals surface area contributed by atoms with E-state index in [4.69, 9.17) is 0 Å². The van der Waals surface area contributed by atoms with Crippen molar-refractivity contribution in [3.8, 4) is 0 Å². The van der Waals surface area contributed by atoms with Gasteiger partial charge in [-0.2, -0.15) is 0 Å². The molecule has 0 heterocycles. The number of carboxylic acids is 1. The van der Waals surface area contributed by atoms with Crippen molar-refractivity contribution in [3.63, 3.8) is 0 Å². The second kappa shape index (κ2) is 4.44. The molecule has 2 nitrogen and oxygen atoms in total. The average Bonchev–Trinajstić information content (AvgIpc) is 2.17. The van der Waals surface area contributed by atoms with E-state index in [0.29, 0.717) is 0 Å². The largest absolute Gasteiger partial charge is 2.00 e. The van der Waals surface area contributed by atoms with Crippen LogP contribution in [0.2, 0.25) is 0 Å². The average molecular weight is 195 g/mol. The van der Waals surface area contributed by atoms with E-state index in [9.17, 15) is 9.90 Å². The zero-order valence-corrected chi connectivity index (χ0v) is 8.98. The minimum atomic E-state index is -1.13. The van der Waals surface area contributed by atoms with Crippen molar-refractivity contribution in [2.45, 2.75) is 0 Å². The predicted molar refractivity (Wildman–Crippen MR) is 54.0 cm³/mol. The van der Waals surface area contributed by atoms with Crippen LogP contribution in [-0.2, 0) is 0 Å². The molecule has 0 spiro atoms. The summed E-state index contributed by atoms with van der Waals surface area (Å²) in [7, 11) is 0. The summed E-state index contributed by atoms with van der Waals surface area (Å²) >= 11 is 0. The topological polar surface area (TPSA) is 40.1 Å². The molecule has 0 fully saturated rings. The predicted octanol–water partition coefficient (Wildman–Crippen LogP) is 0.822. The standard InChI is InChI=1S/C11H8O2.Mg/c12-11(13)10-6-5-8-3-1-2-4-9(8)7-10;/h1-7H,(H,12,13);/q;+2/p-1. The summed E-state index contributed by atoms with van der Waals surface area (Å²) in [6, 6.07) is 12.6. The second-order valence-corrected chi connectivity index (χ2v) is 2.85. The molecule has 0 aliphatic carbocycles. The molecule has 0 radical (unpaired) electrons. The van der Waals surface area contributed by atoms with Gasteiger partial charge in [-0.25, -0.2) is 0 Å². The summed E-state index contributed by atoms with van der Waals surface area (Å²) in [4.78, 5) is 10.5. The maximum atomic E-state index is 10.5. The van der Waals surface area contributed by atoms with Crippen molar-refractivity contribution in [2.24, 2.45) is 0 Å². The maximum Gasteiger partial charge on any atom is 2.00 e. The first-order valence-corrected chi connectivity index (χ1v) is 3.97. The number of hydrogen-bond donors (Lipinski definition) is 0. The van der Waals surface area contributed by atoms with Gasteiger partial charge in [-0.15, -0.1) is 0 Å². The number of rotatable bonds is 1. The smallest absolute Gasteiger partial charge is 0.545 e. The number of benzene rings is 2. The third-order valence-corrected chi connectivity index (χ3v) is 1.99. The summed E-state index contributed by atoms with van der Waals surface area (Å²) in [5.74, 6) is -1.13. The van der Waals surface area contributed by atoms with Crippen LogP contribution in [0.3, 0.4) is 0 Å².